The number of nitrogens with two attached hydrogens (primary N) is 4. The molecule has 17 N–H and O–H groups in total. The van der Waals surface area contributed by atoms with Crippen LogP contribution in [-0.4, -0.2) is 159 Å². The van der Waals surface area contributed by atoms with Gasteiger partial charge in [-0.25, -0.2) is 0 Å². The minimum atomic E-state index is -2.37. The van der Waals surface area contributed by atoms with Crippen LogP contribution in [0.25, 0.3) is 0 Å². The second-order valence-electron chi connectivity index (χ2n) is 10.2. The lowest BCUT2D eigenvalue weighted by molar-refractivity contribution is -0.343. The molecule has 0 unspecified atom stereocenters. The Labute approximate surface area is 219 Å². The average molecular weight is 558 g/mol. The van der Waals surface area contributed by atoms with Gasteiger partial charge >= 0.3 is 0 Å². The summed E-state index contributed by atoms with van der Waals surface area (Å²) in [6.07, 6.45) is -13.8. The molecule has 3 aliphatic rings. The van der Waals surface area contributed by atoms with E-state index in [9.17, 15) is 40.9 Å². The van der Waals surface area contributed by atoms with Crippen molar-refractivity contribution >= 4 is 0 Å². The fourth-order valence-corrected chi connectivity index (χ4v) is 4.98. The van der Waals surface area contributed by atoms with Gasteiger partial charge < -0.3 is 82.3 Å². The van der Waals surface area contributed by atoms with Crippen LogP contribution in [0.1, 0.15) is 12.8 Å². The third-order valence-corrected chi connectivity index (χ3v) is 7.39. The van der Waals surface area contributed by atoms with Crippen molar-refractivity contribution in [2.75, 3.05) is 26.4 Å². The largest absolute Gasteiger partial charge is 0.395 e. The standard InChI is InChI=1S/C21H43N5O12/c22-3-8-1-12(30)21(25,34)20(35-8)38-17-9(23)2-10(26-7(4-27)5-28)18(16(17)33)37-19-15(32)13(24)14(31)11(6-29)36-19/h7-20,26-34H,1-6,22-25H2/t8-,9-,10+,11+,12-,13-,14+,15+,16-,17+,18-,19+,20+,21+/m0/s1. The Hall–Kier alpha value is -0.680. The number of aliphatic hydroxyl groups is 8. The summed E-state index contributed by atoms with van der Waals surface area (Å²) in [5.74, 6) is 0. The van der Waals surface area contributed by atoms with Crippen LogP contribution in [0.2, 0.25) is 0 Å². The minimum Gasteiger partial charge on any atom is -0.395 e. The summed E-state index contributed by atoms with van der Waals surface area (Å²) in [5.41, 5.74) is 21.3. The number of aliphatic hydroxyl groups excluding tert-OH is 7. The molecule has 3 fully saturated rings. The molecule has 2 heterocycles. The molecule has 1 saturated carbocycles. The van der Waals surface area contributed by atoms with Crippen LogP contribution in [0, 0.1) is 0 Å². The molecule has 0 radical (unpaired) electrons. The van der Waals surface area contributed by atoms with Crippen molar-refractivity contribution in [3.05, 3.63) is 0 Å². The van der Waals surface area contributed by atoms with Crippen molar-refractivity contribution in [3.8, 4) is 0 Å². The Balaban J connectivity index is 1.86. The van der Waals surface area contributed by atoms with Crippen molar-refractivity contribution in [1.82, 2.24) is 5.32 Å². The van der Waals surface area contributed by atoms with Crippen LogP contribution >= 0.6 is 0 Å². The van der Waals surface area contributed by atoms with E-state index < -0.39 is 111 Å². The van der Waals surface area contributed by atoms with Gasteiger partial charge in [0.25, 0.3) is 0 Å². The van der Waals surface area contributed by atoms with Gasteiger partial charge in [0.15, 0.2) is 12.0 Å². The highest BCUT2D eigenvalue weighted by Gasteiger charge is 2.54. The number of ether oxygens (including phenoxy) is 4. The van der Waals surface area contributed by atoms with Crippen LogP contribution in [0.15, 0.2) is 0 Å². The summed E-state index contributed by atoms with van der Waals surface area (Å²) in [7, 11) is 0. The molecule has 17 nitrogen and oxygen atoms in total. The van der Waals surface area contributed by atoms with Gasteiger partial charge in [0, 0.05) is 25.0 Å². The first kappa shape index (κ1) is 31.8. The van der Waals surface area contributed by atoms with E-state index in [1.54, 1.807) is 0 Å². The zero-order valence-corrected chi connectivity index (χ0v) is 20.8. The van der Waals surface area contributed by atoms with Crippen LogP contribution in [0.5, 0.6) is 0 Å². The average Bonchev–Trinajstić information content (AvgIpc) is 2.89. The zero-order chi connectivity index (χ0) is 28.4. The van der Waals surface area contributed by atoms with Crippen LogP contribution in [-0.2, 0) is 18.9 Å². The van der Waals surface area contributed by atoms with Gasteiger partial charge in [-0.15, -0.1) is 0 Å². The molecule has 0 amide bonds. The molecule has 17 heteroatoms. The van der Waals surface area contributed by atoms with E-state index in [4.69, 9.17) is 41.9 Å². The van der Waals surface area contributed by atoms with Crippen molar-refractivity contribution in [2.45, 2.75) is 104 Å². The maximum Gasteiger partial charge on any atom is 0.203 e. The van der Waals surface area contributed by atoms with E-state index in [0.29, 0.717) is 0 Å². The summed E-state index contributed by atoms with van der Waals surface area (Å²) in [5, 5.41) is 84.5. The van der Waals surface area contributed by atoms with Gasteiger partial charge in [0.05, 0.1) is 38.0 Å². The van der Waals surface area contributed by atoms with Crippen molar-refractivity contribution < 1.29 is 59.8 Å². The second kappa shape index (κ2) is 13.3. The highest BCUT2D eigenvalue weighted by molar-refractivity contribution is 5.03. The van der Waals surface area contributed by atoms with Crippen LogP contribution in [0.4, 0.5) is 0 Å². The predicted octanol–water partition coefficient (Wildman–Crippen LogP) is -7.99. The summed E-state index contributed by atoms with van der Waals surface area (Å²) < 4.78 is 22.8. The van der Waals surface area contributed by atoms with Crippen LogP contribution < -0.4 is 28.3 Å². The summed E-state index contributed by atoms with van der Waals surface area (Å²) in [6, 6.07) is -3.87. The quantitative estimate of drug-likeness (QED) is 0.111. The predicted molar refractivity (Wildman–Crippen MR) is 126 cm³/mol. The highest BCUT2D eigenvalue weighted by atomic mass is 16.7. The first-order valence-corrected chi connectivity index (χ1v) is 12.5. The molecule has 2 saturated heterocycles. The first-order chi connectivity index (χ1) is 17.9. The first-order valence-electron chi connectivity index (χ1n) is 12.5. The monoisotopic (exact) mass is 557 g/mol. The molecule has 3 rings (SSSR count). The van der Waals surface area contributed by atoms with E-state index in [1.807, 2.05) is 0 Å². The molecule has 14 atom stereocenters. The smallest absolute Gasteiger partial charge is 0.203 e. The van der Waals surface area contributed by atoms with E-state index >= 15 is 0 Å². The number of hydrogen-bond donors (Lipinski definition) is 13. The molecule has 1 aliphatic carbocycles. The number of hydrogen-bond acceptors (Lipinski definition) is 17. The molecule has 38 heavy (non-hydrogen) atoms. The summed E-state index contributed by atoms with van der Waals surface area (Å²) in [4.78, 5) is 0. The maximum atomic E-state index is 11.3. The Bertz CT molecular complexity index is 737. The Morgan fingerprint density at radius 2 is 1.58 bits per heavy atom. The zero-order valence-electron chi connectivity index (χ0n) is 20.8. The fourth-order valence-electron chi connectivity index (χ4n) is 4.98. The second-order valence-corrected chi connectivity index (χ2v) is 10.2. The summed E-state index contributed by atoms with van der Waals surface area (Å²) in [6.45, 7) is -1.58. The third kappa shape index (κ3) is 6.61. The van der Waals surface area contributed by atoms with Gasteiger partial charge in [-0.05, 0) is 6.42 Å². The van der Waals surface area contributed by atoms with Gasteiger partial charge in [-0.2, -0.15) is 0 Å². The Morgan fingerprint density at radius 1 is 0.921 bits per heavy atom. The topological polar surface area (TPSA) is 315 Å². The van der Waals surface area contributed by atoms with Gasteiger partial charge in [0.2, 0.25) is 6.29 Å². The molecule has 0 aromatic carbocycles. The lowest BCUT2D eigenvalue weighted by atomic mass is 9.83. The fraction of sp³-hybridized carbons (Fsp3) is 1.00. The van der Waals surface area contributed by atoms with Gasteiger partial charge in [0.1, 0.15) is 42.7 Å². The molecule has 224 valence electrons. The van der Waals surface area contributed by atoms with Crippen molar-refractivity contribution in [1.29, 1.82) is 0 Å². The van der Waals surface area contributed by atoms with E-state index in [1.165, 1.54) is 0 Å². The molecule has 0 bridgehead atoms. The molecular weight excluding hydrogens is 514 g/mol. The SMILES string of the molecule is NC[C@@H]1C[C@H](O)[C@@](N)(O)[C@@H](O[C@H]2[C@H](O)[C@@H](O[C@H]3O[C@H](CO)[C@@H](O)[C@H](N)[C@H]3O)[C@H](NC(CO)CO)C[C@@H]2N)O1. The van der Waals surface area contributed by atoms with Crippen molar-refractivity contribution in [3.63, 3.8) is 0 Å². The Kier molecular flexibility index (Phi) is 11.2. The summed E-state index contributed by atoms with van der Waals surface area (Å²) >= 11 is 0. The molecular formula is C21H43N5O12. The maximum absolute atomic E-state index is 11.3. The molecule has 0 aromatic heterocycles. The van der Waals surface area contributed by atoms with Gasteiger partial charge in [-0.3, -0.25) is 5.73 Å². The lowest BCUT2D eigenvalue weighted by Gasteiger charge is -2.50. The van der Waals surface area contributed by atoms with Crippen LogP contribution in [0.3, 0.4) is 0 Å². The molecule has 2 aliphatic heterocycles. The highest BCUT2D eigenvalue weighted by Crippen LogP contribution is 2.33. The minimum absolute atomic E-state index is 0.0112. The van der Waals surface area contributed by atoms with E-state index in [0.717, 1.165) is 0 Å². The van der Waals surface area contributed by atoms with Gasteiger partial charge in [-0.1, -0.05) is 0 Å². The third-order valence-electron chi connectivity index (χ3n) is 7.39. The van der Waals surface area contributed by atoms with Crippen molar-refractivity contribution in [2.24, 2.45) is 22.9 Å². The number of nitrogens with one attached hydrogen (secondary N) is 1. The Morgan fingerprint density at radius 3 is 2.16 bits per heavy atom. The van der Waals surface area contributed by atoms with E-state index in [-0.39, 0.29) is 19.4 Å². The van der Waals surface area contributed by atoms with E-state index in [2.05, 4.69) is 5.32 Å². The normalized spacial score (nSPS) is 48.4. The lowest BCUT2D eigenvalue weighted by Crippen LogP contribution is -2.71. The molecule has 0 spiro atoms. The number of rotatable bonds is 10. The molecule has 0 aromatic rings.